The largest absolute Gasteiger partial charge is 0.298 e. The van der Waals surface area contributed by atoms with Gasteiger partial charge in [-0.2, -0.15) is 10.4 Å². The molecule has 0 aliphatic rings. The molecule has 4 nitrogen and oxygen atoms in total. The van der Waals surface area contributed by atoms with Gasteiger partial charge < -0.3 is 0 Å². The maximum atomic E-state index is 9.22. The van der Waals surface area contributed by atoms with Crippen LogP contribution in [0.1, 0.15) is 31.7 Å². The monoisotopic (exact) mass is 220 g/mol. The van der Waals surface area contributed by atoms with E-state index in [2.05, 4.69) is 23.4 Å². The van der Waals surface area contributed by atoms with Gasteiger partial charge in [-0.05, 0) is 39.8 Å². The second-order valence-corrected chi connectivity index (χ2v) is 4.46. The van der Waals surface area contributed by atoms with E-state index in [-0.39, 0.29) is 0 Å². The van der Waals surface area contributed by atoms with Gasteiger partial charge >= 0.3 is 0 Å². The Morgan fingerprint density at radius 2 is 2.25 bits per heavy atom. The molecule has 0 aliphatic carbocycles. The van der Waals surface area contributed by atoms with E-state index in [1.165, 1.54) is 0 Å². The number of nitrogens with one attached hydrogen (secondary N) is 1. The van der Waals surface area contributed by atoms with Crippen molar-refractivity contribution in [2.24, 2.45) is 0 Å². The van der Waals surface area contributed by atoms with Crippen molar-refractivity contribution in [2.75, 3.05) is 6.54 Å². The van der Waals surface area contributed by atoms with Crippen LogP contribution in [0.2, 0.25) is 0 Å². The first-order valence-corrected chi connectivity index (χ1v) is 5.68. The van der Waals surface area contributed by atoms with Crippen LogP contribution in [0.25, 0.3) is 0 Å². The Hall–Kier alpha value is -1.34. The molecule has 1 unspecified atom stereocenters. The summed E-state index contributed by atoms with van der Waals surface area (Å²) in [6, 6.07) is 4.35. The Morgan fingerprint density at radius 1 is 1.56 bits per heavy atom. The molecule has 4 heteroatoms. The van der Waals surface area contributed by atoms with E-state index in [1.54, 1.807) is 0 Å². The molecule has 1 N–H and O–H groups in total. The predicted molar refractivity (Wildman–Crippen MR) is 64.0 cm³/mol. The summed E-state index contributed by atoms with van der Waals surface area (Å²) in [6.07, 6.45) is 1.02. The van der Waals surface area contributed by atoms with Crippen LogP contribution in [-0.4, -0.2) is 21.9 Å². The first-order valence-electron chi connectivity index (χ1n) is 5.68. The summed E-state index contributed by atoms with van der Waals surface area (Å²) in [6.45, 7) is 9.42. The summed E-state index contributed by atoms with van der Waals surface area (Å²) in [5, 5.41) is 16.9. The van der Waals surface area contributed by atoms with Crippen molar-refractivity contribution in [1.82, 2.24) is 15.1 Å². The quantitative estimate of drug-likeness (QED) is 0.823. The van der Waals surface area contributed by atoms with Gasteiger partial charge in [0.1, 0.15) is 5.54 Å². The number of aryl methyl sites for hydroxylation is 2. The van der Waals surface area contributed by atoms with Crippen molar-refractivity contribution in [3.05, 3.63) is 17.5 Å². The van der Waals surface area contributed by atoms with Gasteiger partial charge in [-0.15, -0.1) is 0 Å². The van der Waals surface area contributed by atoms with Crippen molar-refractivity contribution in [3.63, 3.8) is 0 Å². The van der Waals surface area contributed by atoms with Crippen molar-refractivity contribution in [3.8, 4) is 6.07 Å². The zero-order valence-corrected chi connectivity index (χ0v) is 10.5. The number of nitriles is 1. The van der Waals surface area contributed by atoms with Crippen molar-refractivity contribution >= 4 is 0 Å². The summed E-state index contributed by atoms with van der Waals surface area (Å²) in [4.78, 5) is 0. The molecular weight excluding hydrogens is 200 g/mol. The summed E-state index contributed by atoms with van der Waals surface area (Å²) >= 11 is 0. The average molecular weight is 220 g/mol. The molecule has 0 saturated carbocycles. The van der Waals surface area contributed by atoms with Gasteiger partial charge in [0.05, 0.1) is 18.3 Å². The van der Waals surface area contributed by atoms with E-state index in [9.17, 15) is 5.26 Å². The lowest BCUT2D eigenvalue weighted by molar-refractivity contribution is 0.366. The number of hydrogen-bond acceptors (Lipinski definition) is 3. The van der Waals surface area contributed by atoms with Crippen molar-refractivity contribution < 1.29 is 0 Å². The van der Waals surface area contributed by atoms with Gasteiger partial charge in [-0.3, -0.25) is 10.00 Å². The predicted octanol–water partition coefficient (Wildman–Crippen LogP) is 1.78. The van der Waals surface area contributed by atoms with Crippen LogP contribution in [0.5, 0.6) is 0 Å². The highest BCUT2D eigenvalue weighted by Gasteiger charge is 2.24. The smallest absolute Gasteiger partial charge is 0.123 e. The molecule has 0 fully saturated rings. The minimum atomic E-state index is -0.542. The van der Waals surface area contributed by atoms with E-state index < -0.39 is 5.54 Å². The molecule has 0 aromatic carbocycles. The molecule has 1 aromatic rings. The maximum Gasteiger partial charge on any atom is 0.123 e. The van der Waals surface area contributed by atoms with Gasteiger partial charge in [0.2, 0.25) is 0 Å². The van der Waals surface area contributed by atoms with Gasteiger partial charge in [0, 0.05) is 5.69 Å². The van der Waals surface area contributed by atoms with Gasteiger partial charge in [-0.25, -0.2) is 0 Å². The fourth-order valence-electron chi connectivity index (χ4n) is 1.67. The normalized spacial score (nSPS) is 14.4. The highest BCUT2D eigenvalue weighted by molar-refractivity contribution is 5.10. The fourth-order valence-corrected chi connectivity index (χ4v) is 1.67. The lowest BCUT2D eigenvalue weighted by Crippen LogP contribution is -2.45. The Labute approximate surface area is 97.3 Å². The Bertz CT molecular complexity index is 388. The van der Waals surface area contributed by atoms with Crippen LogP contribution in [0.15, 0.2) is 6.07 Å². The minimum Gasteiger partial charge on any atom is -0.298 e. The third-order valence-corrected chi connectivity index (χ3v) is 2.58. The molecule has 0 radical (unpaired) electrons. The van der Waals surface area contributed by atoms with E-state index in [1.807, 2.05) is 31.5 Å². The number of nitrogens with zero attached hydrogens (tertiary/aromatic N) is 3. The van der Waals surface area contributed by atoms with Gasteiger partial charge in [0.25, 0.3) is 0 Å². The molecule has 1 atom stereocenters. The fraction of sp³-hybridized carbons (Fsp3) is 0.667. The molecular formula is C12H20N4. The number of aromatic nitrogens is 2. The highest BCUT2D eigenvalue weighted by atomic mass is 15.3. The third kappa shape index (κ3) is 3.07. The first kappa shape index (κ1) is 12.7. The molecule has 16 heavy (non-hydrogen) atoms. The number of rotatable bonds is 5. The maximum absolute atomic E-state index is 9.22. The zero-order chi connectivity index (χ0) is 12.2. The Balaban J connectivity index is 2.77. The lowest BCUT2D eigenvalue weighted by Gasteiger charge is -2.23. The molecule has 0 amide bonds. The summed E-state index contributed by atoms with van der Waals surface area (Å²) in [5.41, 5.74) is 1.55. The molecule has 1 aromatic heterocycles. The molecule has 0 aliphatic heterocycles. The summed E-state index contributed by atoms with van der Waals surface area (Å²) < 4.78 is 1.89. The van der Waals surface area contributed by atoms with Crippen molar-refractivity contribution in [1.29, 1.82) is 5.26 Å². The minimum absolute atomic E-state index is 0.542. The molecule has 88 valence electrons. The van der Waals surface area contributed by atoms with Crippen LogP contribution in [0.3, 0.4) is 0 Å². The van der Waals surface area contributed by atoms with E-state index in [0.717, 1.165) is 24.4 Å². The zero-order valence-electron chi connectivity index (χ0n) is 10.5. The highest BCUT2D eigenvalue weighted by Crippen LogP contribution is 2.10. The lowest BCUT2D eigenvalue weighted by atomic mass is 10.0. The SMILES string of the molecule is CCCNC(C)(C#N)Cn1nc(C)cc1C. The Kier molecular flexibility index (Phi) is 4.08. The molecule has 0 bridgehead atoms. The molecule has 0 saturated heterocycles. The Morgan fingerprint density at radius 3 is 2.69 bits per heavy atom. The van der Waals surface area contributed by atoms with Gasteiger partial charge in [0.15, 0.2) is 0 Å². The average Bonchev–Trinajstić information content (AvgIpc) is 2.54. The van der Waals surface area contributed by atoms with Crippen LogP contribution < -0.4 is 5.32 Å². The van der Waals surface area contributed by atoms with Crippen LogP contribution in [-0.2, 0) is 6.54 Å². The van der Waals surface area contributed by atoms with Crippen molar-refractivity contribution in [2.45, 2.75) is 46.2 Å². The summed E-state index contributed by atoms with van der Waals surface area (Å²) in [5.74, 6) is 0. The summed E-state index contributed by atoms with van der Waals surface area (Å²) in [7, 11) is 0. The third-order valence-electron chi connectivity index (χ3n) is 2.58. The second-order valence-electron chi connectivity index (χ2n) is 4.46. The number of hydrogen-bond donors (Lipinski definition) is 1. The van der Waals surface area contributed by atoms with E-state index in [0.29, 0.717) is 6.54 Å². The second kappa shape index (κ2) is 5.13. The van der Waals surface area contributed by atoms with Gasteiger partial charge in [-0.1, -0.05) is 6.92 Å². The van der Waals surface area contributed by atoms with Crippen LogP contribution >= 0.6 is 0 Å². The molecule has 0 spiro atoms. The van der Waals surface area contributed by atoms with Crippen LogP contribution in [0, 0.1) is 25.2 Å². The van der Waals surface area contributed by atoms with E-state index in [4.69, 9.17) is 0 Å². The molecule has 1 heterocycles. The van der Waals surface area contributed by atoms with Crippen LogP contribution in [0.4, 0.5) is 0 Å². The topological polar surface area (TPSA) is 53.6 Å². The molecule has 1 rings (SSSR count). The van der Waals surface area contributed by atoms with E-state index >= 15 is 0 Å². The standard InChI is InChI=1S/C12H20N4/c1-5-6-14-12(4,8-13)9-16-11(3)7-10(2)15-16/h7,14H,5-6,9H2,1-4H3. The first-order chi connectivity index (χ1) is 7.50.